The first-order chi connectivity index (χ1) is 8.52. The minimum absolute atomic E-state index is 0.305. The third-order valence-corrected chi connectivity index (χ3v) is 4.38. The van der Waals surface area contributed by atoms with Crippen LogP contribution in [0.15, 0.2) is 12.4 Å². The molecule has 0 amide bonds. The molecule has 1 aromatic rings. The standard InChI is InChI=1S/C14H26N4/c1-10-5-11(2)12(3)18(8-10)14(6-15)13-7-16-17(4)9-13/h7,9-12,14H,5-6,8,15H2,1-4H3. The van der Waals surface area contributed by atoms with Crippen LogP contribution < -0.4 is 5.73 Å². The van der Waals surface area contributed by atoms with Gasteiger partial charge in [-0.25, -0.2) is 0 Å². The fraction of sp³-hybridized carbons (Fsp3) is 0.786. The fourth-order valence-corrected chi connectivity index (χ4v) is 3.25. The van der Waals surface area contributed by atoms with E-state index < -0.39 is 0 Å². The molecule has 1 fully saturated rings. The van der Waals surface area contributed by atoms with E-state index in [0.29, 0.717) is 18.6 Å². The highest BCUT2D eigenvalue weighted by atomic mass is 15.3. The van der Waals surface area contributed by atoms with Crippen LogP contribution in [0.1, 0.15) is 38.8 Å². The second kappa shape index (κ2) is 5.41. The number of hydrogen-bond donors (Lipinski definition) is 1. The minimum atomic E-state index is 0.305. The Kier molecular flexibility index (Phi) is 4.07. The molecular formula is C14H26N4. The van der Waals surface area contributed by atoms with Crippen LogP contribution in [-0.4, -0.2) is 33.8 Å². The highest BCUT2D eigenvalue weighted by Gasteiger charge is 2.33. The lowest BCUT2D eigenvalue weighted by Crippen LogP contribution is -2.49. The molecule has 0 bridgehead atoms. The van der Waals surface area contributed by atoms with Crippen molar-refractivity contribution >= 4 is 0 Å². The minimum Gasteiger partial charge on any atom is -0.329 e. The molecule has 2 N–H and O–H groups in total. The lowest BCUT2D eigenvalue weighted by Gasteiger charge is -2.45. The van der Waals surface area contributed by atoms with Gasteiger partial charge in [0.15, 0.2) is 0 Å². The molecule has 0 aromatic carbocycles. The van der Waals surface area contributed by atoms with Gasteiger partial charge in [-0.05, 0) is 25.2 Å². The molecule has 4 nitrogen and oxygen atoms in total. The summed E-state index contributed by atoms with van der Waals surface area (Å²) in [7, 11) is 1.96. The third-order valence-electron chi connectivity index (χ3n) is 4.38. The van der Waals surface area contributed by atoms with Crippen LogP contribution in [0.25, 0.3) is 0 Å². The van der Waals surface area contributed by atoms with Gasteiger partial charge in [0, 0.05) is 37.9 Å². The van der Waals surface area contributed by atoms with Gasteiger partial charge < -0.3 is 5.73 Å². The Morgan fingerprint density at radius 3 is 2.72 bits per heavy atom. The van der Waals surface area contributed by atoms with Gasteiger partial charge in [-0.2, -0.15) is 5.10 Å². The van der Waals surface area contributed by atoms with Gasteiger partial charge in [0.2, 0.25) is 0 Å². The number of piperidine rings is 1. The van der Waals surface area contributed by atoms with Gasteiger partial charge in [0.25, 0.3) is 0 Å². The van der Waals surface area contributed by atoms with Gasteiger partial charge in [0.05, 0.1) is 12.2 Å². The van der Waals surface area contributed by atoms with E-state index in [-0.39, 0.29) is 0 Å². The largest absolute Gasteiger partial charge is 0.329 e. The molecule has 4 heteroatoms. The van der Waals surface area contributed by atoms with Gasteiger partial charge in [0.1, 0.15) is 0 Å². The van der Waals surface area contributed by atoms with Crippen molar-refractivity contribution in [3.8, 4) is 0 Å². The highest BCUT2D eigenvalue weighted by Crippen LogP contribution is 2.33. The first kappa shape index (κ1) is 13.6. The van der Waals surface area contributed by atoms with Gasteiger partial charge in [-0.1, -0.05) is 13.8 Å². The molecule has 2 rings (SSSR count). The molecule has 0 radical (unpaired) electrons. The highest BCUT2D eigenvalue weighted by molar-refractivity contribution is 5.12. The quantitative estimate of drug-likeness (QED) is 0.889. The summed E-state index contributed by atoms with van der Waals surface area (Å²) < 4.78 is 1.86. The van der Waals surface area contributed by atoms with Crippen LogP contribution in [0.4, 0.5) is 0 Å². The molecule has 0 spiro atoms. The zero-order valence-corrected chi connectivity index (χ0v) is 12.0. The van der Waals surface area contributed by atoms with E-state index >= 15 is 0 Å². The molecule has 4 unspecified atom stereocenters. The Balaban J connectivity index is 2.20. The van der Waals surface area contributed by atoms with Crippen LogP contribution in [-0.2, 0) is 7.05 Å². The lowest BCUT2D eigenvalue weighted by atomic mass is 9.84. The SMILES string of the molecule is CC1CC(C)C(C)N(C(CN)c2cnn(C)c2)C1. The predicted molar refractivity (Wildman–Crippen MR) is 74.1 cm³/mol. The maximum Gasteiger partial charge on any atom is 0.0538 e. The van der Waals surface area contributed by atoms with Crippen molar-refractivity contribution in [3.05, 3.63) is 18.0 Å². The normalized spacial score (nSPS) is 31.5. The van der Waals surface area contributed by atoms with E-state index in [4.69, 9.17) is 5.73 Å². The van der Waals surface area contributed by atoms with Crippen molar-refractivity contribution in [1.29, 1.82) is 0 Å². The zero-order valence-electron chi connectivity index (χ0n) is 12.0. The van der Waals surface area contributed by atoms with Crippen LogP contribution in [0.3, 0.4) is 0 Å². The van der Waals surface area contributed by atoms with Crippen molar-refractivity contribution in [1.82, 2.24) is 14.7 Å². The van der Waals surface area contributed by atoms with Crippen LogP contribution in [0.5, 0.6) is 0 Å². The Hall–Kier alpha value is -0.870. The third kappa shape index (κ3) is 2.59. The van der Waals surface area contributed by atoms with E-state index in [1.807, 2.05) is 17.9 Å². The second-order valence-corrected chi connectivity index (χ2v) is 5.95. The molecule has 102 valence electrons. The molecule has 18 heavy (non-hydrogen) atoms. The molecular weight excluding hydrogens is 224 g/mol. The average molecular weight is 250 g/mol. The van der Waals surface area contributed by atoms with E-state index in [1.165, 1.54) is 12.0 Å². The molecule has 1 aliphatic rings. The van der Waals surface area contributed by atoms with E-state index in [1.54, 1.807) is 0 Å². The number of hydrogen-bond acceptors (Lipinski definition) is 3. The number of rotatable bonds is 3. The summed E-state index contributed by atoms with van der Waals surface area (Å²) in [5, 5.41) is 4.28. The first-order valence-corrected chi connectivity index (χ1v) is 6.97. The van der Waals surface area contributed by atoms with Crippen molar-refractivity contribution in [3.63, 3.8) is 0 Å². The number of aromatic nitrogens is 2. The topological polar surface area (TPSA) is 47.1 Å². The second-order valence-electron chi connectivity index (χ2n) is 5.95. The average Bonchev–Trinajstić information content (AvgIpc) is 2.73. The molecule has 2 heterocycles. The van der Waals surface area contributed by atoms with Gasteiger partial charge in [-0.3, -0.25) is 9.58 Å². The number of aryl methyl sites for hydroxylation is 1. The van der Waals surface area contributed by atoms with Crippen molar-refractivity contribution in [2.24, 2.45) is 24.6 Å². The predicted octanol–water partition coefficient (Wildman–Crippen LogP) is 1.79. The summed E-state index contributed by atoms with van der Waals surface area (Å²) in [6.45, 7) is 8.82. The Morgan fingerprint density at radius 1 is 1.44 bits per heavy atom. The first-order valence-electron chi connectivity index (χ1n) is 6.97. The lowest BCUT2D eigenvalue weighted by molar-refractivity contribution is 0.0424. The maximum atomic E-state index is 6.02. The molecule has 0 saturated carbocycles. The van der Waals surface area contributed by atoms with E-state index in [0.717, 1.165) is 18.4 Å². The number of nitrogens with zero attached hydrogens (tertiary/aromatic N) is 3. The summed E-state index contributed by atoms with van der Waals surface area (Å²) in [5.41, 5.74) is 7.26. The number of nitrogens with two attached hydrogens (primary N) is 1. The Labute approximate surface area is 110 Å². The Bertz CT molecular complexity index is 387. The summed E-state index contributed by atoms with van der Waals surface area (Å²) >= 11 is 0. The van der Waals surface area contributed by atoms with Gasteiger partial charge >= 0.3 is 0 Å². The molecule has 1 aliphatic heterocycles. The van der Waals surface area contributed by atoms with E-state index in [9.17, 15) is 0 Å². The van der Waals surface area contributed by atoms with E-state index in [2.05, 4.69) is 37.0 Å². The molecule has 1 aromatic heterocycles. The van der Waals surface area contributed by atoms with Gasteiger partial charge in [-0.15, -0.1) is 0 Å². The molecule has 1 saturated heterocycles. The van der Waals surface area contributed by atoms with Crippen molar-refractivity contribution < 1.29 is 0 Å². The zero-order chi connectivity index (χ0) is 13.3. The summed E-state index contributed by atoms with van der Waals surface area (Å²) in [5.74, 6) is 1.49. The summed E-state index contributed by atoms with van der Waals surface area (Å²) in [6, 6.07) is 0.897. The fourth-order valence-electron chi connectivity index (χ4n) is 3.25. The Morgan fingerprint density at radius 2 is 2.17 bits per heavy atom. The molecule has 4 atom stereocenters. The number of likely N-dealkylation sites (tertiary alicyclic amines) is 1. The van der Waals surface area contributed by atoms with Crippen LogP contribution in [0, 0.1) is 11.8 Å². The van der Waals surface area contributed by atoms with Crippen molar-refractivity contribution in [2.45, 2.75) is 39.3 Å². The summed E-state index contributed by atoms with van der Waals surface area (Å²) in [6.07, 6.45) is 5.37. The summed E-state index contributed by atoms with van der Waals surface area (Å²) in [4.78, 5) is 2.57. The van der Waals surface area contributed by atoms with Crippen LogP contribution >= 0.6 is 0 Å². The van der Waals surface area contributed by atoms with Crippen LogP contribution in [0.2, 0.25) is 0 Å². The monoisotopic (exact) mass is 250 g/mol. The smallest absolute Gasteiger partial charge is 0.0538 e. The molecule has 0 aliphatic carbocycles. The van der Waals surface area contributed by atoms with Crippen molar-refractivity contribution in [2.75, 3.05) is 13.1 Å². The maximum absolute atomic E-state index is 6.02.